The minimum absolute atomic E-state index is 0.0555. The third-order valence-corrected chi connectivity index (χ3v) is 5.37. The number of hydrogen-bond acceptors (Lipinski definition) is 8. The summed E-state index contributed by atoms with van der Waals surface area (Å²) in [5.41, 5.74) is 0.707. The Balaban J connectivity index is 1.65. The molecule has 1 aromatic heterocycles. The van der Waals surface area contributed by atoms with Gasteiger partial charge in [0.05, 0.1) is 18.1 Å². The van der Waals surface area contributed by atoms with Crippen LogP contribution in [0.1, 0.15) is 5.76 Å². The monoisotopic (exact) mass is 440 g/mol. The number of benzene rings is 1. The fraction of sp³-hybridized carbons (Fsp3) is 0.286. The maximum atomic E-state index is 12.3. The molecule has 2 saturated heterocycles. The number of carbonyl (C=O) groups excluding carboxylic acids is 3. The van der Waals surface area contributed by atoms with Crippen LogP contribution in [0.15, 0.2) is 40.3 Å². The average molecular weight is 440 g/mol. The van der Waals surface area contributed by atoms with Crippen molar-refractivity contribution in [2.75, 3.05) is 45.3 Å². The van der Waals surface area contributed by atoms with E-state index in [-0.39, 0.29) is 17.0 Å². The Morgan fingerprint density at radius 1 is 1.00 bits per heavy atom. The zero-order valence-corrected chi connectivity index (χ0v) is 17.4. The Morgan fingerprint density at radius 3 is 2.28 bits per heavy atom. The number of ether oxygens (including phenoxy) is 1. The molecule has 3 heterocycles. The average Bonchev–Trinajstić information content (AvgIpc) is 3.28. The molecule has 0 radical (unpaired) electrons. The van der Waals surface area contributed by atoms with Gasteiger partial charge in [0.25, 0.3) is 17.5 Å². The van der Waals surface area contributed by atoms with Gasteiger partial charge in [-0.3, -0.25) is 29.5 Å². The smallest absolute Gasteiger partial charge is 0.333 e. The molecule has 0 spiro atoms. The zero-order chi connectivity index (χ0) is 23.0. The molecule has 0 bridgehead atoms. The highest BCUT2D eigenvalue weighted by molar-refractivity contribution is 6.30. The van der Waals surface area contributed by atoms with E-state index in [0.29, 0.717) is 43.3 Å². The second-order valence-corrected chi connectivity index (χ2v) is 7.33. The number of anilines is 1. The fourth-order valence-electron chi connectivity index (χ4n) is 3.60. The number of likely N-dealkylation sites (N-methyl/N-ethyl adjacent to an activating group) is 2. The summed E-state index contributed by atoms with van der Waals surface area (Å²) < 4.78 is 11.0. The van der Waals surface area contributed by atoms with Crippen molar-refractivity contribution in [1.82, 2.24) is 9.80 Å². The summed E-state index contributed by atoms with van der Waals surface area (Å²) in [6, 6.07) is 7.23. The van der Waals surface area contributed by atoms with E-state index in [2.05, 4.69) is 0 Å². The Morgan fingerprint density at radius 2 is 1.66 bits per heavy atom. The van der Waals surface area contributed by atoms with Crippen LogP contribution in [-0.2, 0) is 14.3 Å². The molecule has 1 aromatic carbocycles. The van der Waals surface area contributed by atoms with Crippen molar-refractivity contribution < 1.29 is 28.5 Å². The highest BCUT2D eigenvalue weighted by Crippen LogP contribution is 2.34. The van der Waals surface area contributed by atoms with Crippen LogP contribution in [0.4, 0.5) is 16.2 Å². The van der Waals surface area contributed by atoms with Crippen molar-refractivity contribution >= 4 is 35.3 Å². The van der Waals surface area contributed by atoms with Crippen molar-refractivity contribution in [2.45, 2.75) is 0 Å². The number of rotatable bonds is 4. The number of hydrogen-bond donors (Lipinski definition) is 0. The number of amides is 4. The van der Waals surface area contributed by atoms with Crippen molar-refractivity contribution in [1.29, 1.82) is 0 Å². The highest BCUT2D eigenvalue weighted by atomic mass is 16.6. The maximum Gasteiger partial charge on any atom is 0.333 e. The summed E-state index contributed by atoms with van der Waals surface area (Å²) in [4.78, 5) is 51.3. The molecule has 0 saturated carbocycles. The molecule has 2 aliphatic heterocycles. The molecule has 0 unspecified atom stereocenters. The Hall–Kier alpha value is -3.99. The topological polar surface area (TPSA) is 126 Å². The molecule has 4 amide bonds. The number of barbiturate groups is 1. The third kappa shape index (κ3) is 3.73. The van der Waals surface area contributed by atoms with Crippen LogP contribution >= 0.6 is 0 Å². The molecule has 4 rings (SSSR count). The van der Waals surface area contributed by atoms with Gasteiger partial charge in [-0.2, -0.15) is 0 Å². The molecule has 2 aliphatic rings. The first-order valence-electron chi connectivity index (χ1n) is 9.81. The Bertz CT molecular complexity index is 1120. The van der Waals surface area contributed by atoms with Crippen LogP contribution in [0.5, 0.6) is 0 Å². The molecular formula is C21H20N4O7. The van der Waals surface area contributed by atoms with Crippen LogP contribution in [0, 0.1) is 10.1 Å². The Labute approximate surface area is 182 Å². The first-order valence-corrected chi connectivity index (χ1v) is 9.81. The first-order chi connectivity index (χ1) is 15.3. The summed E-state index contributed by atoms with van der Waals surface area (Å²) in [5.74, 6) is -0.933. The van der Waals surface area contributed by atoms with E-state index in [4.69, 9.17) is 9.15 Å². The molecule has 0 N–H and O–H groups in total. The number of imide groups is 2. The van der Waals surface area contributed by atoms with E-state index < -0.39 is 22.8 Å². The number of nitrogens with zero attached hydrogens (tertiary/aromatic N) is 4. The van der Waals surface area contributed by atoms with Gasteiger partial charge in [-0.05, 0) is 30.3 Å². The van der Waals surface area contributed by atoms with E-state index >= 15 is 0 Å². The number of morpholine rings is 1. The second-order valence-electron chi connectivity index (χ2n) is 7.33. The quantitative estimate of drug-likeness (QED) is 0.306. The first kappa shape index (κ1) is 21.2. The minimum Gasteiger partial charge on any atom is -0.457 e. The van der Waals surface area contributed by atoms with Crippen molar-refractivity contribution in [3.8, 4) is 11.3 Å². The predicted octanol–water partition coefficient (Wildman–Crippen LogP) is 2.13. The summed E-state index contributed by atoms with van der Waals surface area (Å²) >= 11 is 0. The third-order valence-electron chi connectivity index (χ3n) is 5.37. The van der Waals surface area contributed by atoms with Gasteiger partial charge in [-0.15, -0.1) is 0 Å². The molecular weight excluding hydrogens is 420 g/mol. The molecule has 2 aromatic rings. The predicted molar refractivity (Wildman–Crippen MR) is 113 cm³/mol. The van der Waals surface area contributed by atoms with E-state index in [1.807, 2.05) is 4.90 Å². The SMILES string of the molecule is CN1C(=O)C(=Cc2ccc(-c3ccc(N4CCOCC4)c([N+](=O)[O-])c3)o2)C(=O)N(C)C1=O. The lowest BCUT2D eigenvalue weighted by atomic mass is 10.1. The maximum absolute atomic E-state index is 12.3. The Kier molecular flexibility index (Phi) is 5.49. The molecule has 11 heteroatoms. The van der Waals surface area contributed by atoms with Crippen molar-refractivity contribution in [2.24, 2.45) is 0 Å². The number of nitro groups is 1. The summed E-state index contributed by atoms with van der Waals surface area (Å²) in [6.07, 6.45) is 1.25. The highest BCUT2D eigenvalue weighted by Gasteiger charge is 2.38. The van der Waals surface area contributed by atoms with Gasteiger partial charge in [-0.1, -0.05) is 0 Å². The molecule has 32 heavy (non-hydrogen) atoms. The molecule has 0 atom stereocenters. The lowest BCUT2D eigenvalue weighted by Crippen LogP contribution is -2.52. The normalized spacial score (nSPS) is 17.2. The summed E-state index contributed by atoms with van der Waals surface area (Å²) in [6.45, 7) is 2.13. The molecule has 166 valence electrons. The minimum atomic E-state index is -0.735. The number of nitro benzene ring substituents is 1. The van der Waals surface area contributed by atoms with Gasteiger partial charge in [0.1, 0.15) is 22.8 Å². The molecule has 2 fully saturated rings. The molecule has 0 aliphatic carbocycles. The van der Waals surface area contributed by atoms with Gasteiger partial charge in [0.15, 0.2) is 0 Å². The van der Waals surface area contributed by atoms with Gasteiger partial charge < -0.3 is 14.1 Å². The van der Waals surface area contributed by atoms with Crippen LogP contribution in [0.25, 0.3) is 17.4 Å². The van der Waals surface area contributed by atoms with E-state index in [1.54, 1.807) is 24.3 Å². The van der Waals surface area contributed by atoms with Gasteiger partial charge in [0.2, 0.25) is 0 Å². The second kappa shape index (κ2) is 8.27. The van der Waals surface area contributed by atoms with Crippen LogP contribution < -0.4 is 4.90 Å². The summed E-state index contributed by atoms with van der Waals surface area (Å²) in [7, 11) is 2.56. The van der Waals surface area contributed by atoms with Crippen molar-refractivity contribution in [3.05, 3.63) is 51.8 Å². The standard InChI is InChI=1S/C21H20N4O7/c1-22-19(26)15(20(27)23(2)21(22)28)12-14-4-6-18(32-14)13-3-5-16(17(11-13)25(29)30)24-7-9-31-10-8-24/h3-6,11-12H,7-10H2,1-2H3. The van der Waals surface area contributed by atoms with E-state index in [0.717, 1.165) is 9.80 Å². The van der Waals surface area contributed by atoms with Crippen molar-refractivity contribution in [3.63, 3.8) is 0 Å². The van der Waals surface area contributed by atoms with Crippen LogP contribution in [0.3, 0.4) is 0 Å². The molecule has 11 nitrogen and oxygen atoms in total. The number of urea groups is 1. The fourth-order valence-corrected chi connectivity index (χ4v) is 3.60. The zero-order valence-electron chi connectivity index (χ0n) is 17.4. The van der Waals surface area contributed by atoms with Crippen LogP contribution in [0.2, 0.25) is 0 Å². The summed E-state index contributed by atoms with van der Waals surface area (Å²) in [5, 5.41) is 11.7. The van der Waals surface area contributed by atoms with Gasteiger partial charge in [-0.25, -0.2) is 4.79 Å². The lowest BCUT2D eigenvalue weighted by Gasteiger charge is -2.28. The van der Waals surface area contributed by atoms with Gasteiger partial charge >= 0.3 is 6.03 Å². The number of furan rings is 1. The number of carbonyl (C=O) groups is 3. The van der Waals surface area contributed by atoms with Crippen LogP contribution in [-0.4, -0.2) is 73.0 Å². The lowest BCUT2D eigenvalue weighted by molar-refractivity contribution is -0.384. The van der Waals surface area contributed by atoms with E-state index in [1.165, 1.54) is 26.2 Å². The largest absolute Gasteiger partial charge is 0.457 e. The van der Waals surface area contributed by atoms with E-state index in [9.17, 15) is 24.5 Å². The van der Waals surface area contributed by atoms with Gasteiger partial charge in [0, 0.05) is 38.8 Å².